The van der Waals surface area contributed by atoms with Crippen molar-refractivity contribution in [1.82, 2.24) is 14.2 Å². The van der Waals surface area contributed by atoms with E-state index < -0.39 is 10.2 Å². The van der Waals surface area contributed by atoms with Crippen molar-refractivity contribution in [3.05, 3.63) is 11.8 Å². The predicted molar refractivity (Wildman–Crippen MR) is 69.9 cm³/mol. The van der Waals surface area contributed by atoms with E-state index >= 15 is 0 Å². The molecular weight excluding hydrogens is 272 g/mol. The third-order valence-corrected chi connectivity index (χ3v) is 3.90. The Kier molecular flexibility index (Phi) is 5.04. The minimum absolute atomic E-state index is 0.0893. The lowest BCUT2D eigenvalue weighted by atomic mass is 10.4. The summed E-state index contributed by atoms with van der Waals surface area (Å²) in [5.41, 5.74) is 0. The summed E-state index contributed by atoms with van der Waals surface area (Å²) < 4.78 is 31.3. The summed E-state index contributed by atoms with van der Waals surface area (Å²) >= 11 is 0. The molecule has 0 saturated heterocycles. The molecule has 0 spiro atoms. The molecule has 0 aromatic carbocycles. The Morgan fingerprint density at radius 1 is 1.47 bits per heavy atom. The standard InChI is InChI=1S/C10H18N4O4S/c1-8-7-10(12-18-8)14(9(2)15)6-5-11-19(16,17)13(3)4/h7,11H,5-6H2,1-4H3. The minimum Gasteiger partial charge on any atom is -0.360 e. The van der Waals surface area contributed by atoms with Crippen molar-refractivity contribution in [1.29, 1.82) is 0 Å². The number of anilines is 1. The van der Waals surface area contributed by atoms with Crippen LogP contribution in [0.3, 0.4) is 0 Å². The van der Waals surface area contributed by atoms with E-state index in [1.54, 1.807) is 13.0 Å². The second kappa shape index (κ2) is 6.13. The largest absolute Gasteiger partial charge is 0.360 e. The molecule has 0 fully saturated rings. The average molecular weight is 290 g/mol. The normalized spacial score (nSPS) is 11.8. The van der Waals surface area contributed by atoms with Crippen LogP contribution in [-0.4, -0.2) is 51.0 Å². The van der Waals surface area contributed by atoms with Gasteiger partial charge in [0.05, 0.1) is 0 Å². The summed E-state index contributed by atoms with van der Waals surface area (Å²) in [6.45, 7) is 3.36. The molecule has 1 aromatic rings. The van der Waals surface area contributed by atoms with Crippen molar-refractivity contribution in [2.75, 3.05) is 32.1 Å². The fourth-order valence-corrected chi connectivity index (χ4v) is 1.94. The third-order valence-electron chi connectivity index (χ3n) is 2.37. The fourth-order valence-electron chi connectivity index (χ4n) is 1.33. The Balaban J connectivity index is 2.65. The Bertz CT molecular complexity index is 537. The van der Waals surface area contributed by atoms with Crippen molar-refractivity contribution in [3.8, 4) is 0 Å². The predicted octanol–water partition coefficient (Wildman–Crippen LogP) is -0.268. The molecule has 1 rings (SSSR count). The average Bonchev–Trinajstić information content (AvgIpc) is 2.70. The van der Waals surface area contributed by atoms with E-state index in [4.69, 9.17) is 4.52 Å². The van der Waals surface area contributed by atoms with Crippen LogP contribution in [0.5, 0.6) is 0 Å². The molecule has 19 heavy (non-hydrogen) atoms. The summed E-state index contributed by atoms with van der Waals surface area (Å²) in [5.74, 6) is 0.710. The van der Waals surface area contributed by atoms with Gasteiger partial charge in [0.15, 0.2) is 5.82 Å². The topological polar surface area (TPSA) is 95.8 Å². The van der Waals surface area contributed by atoms with Crippen molar-refractivity contribution in [3.63, 3.8) is 0 Å². The number of nitrogens with zero attached hydrogens (tertiary/aromatic N) is 3. The molecule has 1 heterocycles. The van der Waals surface area contributed by atoms with E-state index in [1.165, 1.54) is 25.9 Å². The number of carbonyl (C=O) groups excluding carboxylic acids is 1. The van der Waals surface area contributed by atoms with E-state index in [9.17, 15) is 13.2 Å². The molecule has 0 aliphatic carbocycles. The molecule has 1 N–H and O–H groups in total. The van der Waals surface area contributed by atoms with Gasteiger partial charge in [-0.3, -0.25) is 9.69 Å². The molecule has 0 saturated carbocycles. The number of hydrogen-bond donors (Lipinski definition) is 1. The van der Waals surface area contributed by atoms with E-state index in [0.29, 0.717) is 11.6 Å². The summed E-state index contributed by atoms with van der Waals surface area (Å²) in [7, 11) is -0.650. The van der Waals surface area contributed by atoms with Gasteiger partial charge in [0.2, 0.25) is 5.91 Å². The van der Waals surface area contributed by atoms with E-state index in [0.717, 1.165) is 4.31 Å². The first-order valence-corrected chi connectivity index (χ1v) is 7.06. The van der Waals surface area contributed by atoms with Crippen molar-refractivity contribution < 1.29 is 17.7 Å². The lowest BCUT2D eigenvalue weighted by molar-refractivity contribution is -0.116. The molecule has 9 heteroatoms. The molecule has 1 amide bonds. The zero-order chi connectivity index (χ0) is 14.6. The van der Waals surface area contributed by atoms with Crippen LogP contribution < -0.4 is 9.62 Å². The quantitative estimate of drug-likeness (QED) is 0.778. The van der Waals surface area contributed by atoms with E-state index in [-0.39, 0.29) is 19.0 Å². The Hall–Kier alpha value is -1.45. The van der Waals surface area contributed by atoms with Gasteiger partial charge in [-0.2, -0.15) is 12.7 Å². The van der Waals surface area contributed by atoms with Gasteiger partial charge < -0.3 is 4.52 Å². The van der Waals surface area contributed by atoms with Gasteiger partial charge in [0, 0.05) is 40.2 Å². The van der Waals surface area contributed by atoms with E-state index in [1.807, 2.05) is 0 Å². The molecule has 0 aliphatic rings. The van der Waals surface area contributed by atoms with Crippen molar-refractivity contribution >= 4 is 21.9 Å². The van der Waals surface area contributed by atoms with Crippen LogP contribution in [0.25, 0.3) is 0 Å². The third kappa shape index (κ3) is 4.30. The maximum absolute atomic E-state index is 11.5. The lowest BCUT2D eigenvalue weighted by Gasteiger charge is -2.19. The molecule has 8 nitrogen and oxygen atoms in total. The van der Waals surface area contributed by atoms with Crippen LogP contribution >= 0.6 is 0 Å². The monoisotopic (exact) mass is 290 g/mol. The van der Waals surface area contributed by atoms with Gasteiger partial charge in [-0.1, -0.05) is 5.16 Å². The highest BCUT2D eigenvalue weighted by molar-refractivity contribution is 7.87. The number of aryl methyl sites for hydroxylation is 1. The van der Waals surface area contributed by atoms with Gasteiger partial charge >= 0.3 is 0 Å². The van der Waals surface area contributed by atoms with Crippen LogP contribution in [0.15, 0.2) is 10.6 Å². The summed E-state index contributed by atoms with van der Waals surface area (Å²) in [6.07, 6.45) is 0. The summed E-state index contributed by atoms with van der Waals surface area (Å²) in [4.78, 5) is 12.8. The molecule has 0 bridgehead atoms. The maximum atomic E-state index is 11.5. The second-order valence-corrected chi connectivity index (χ2v) is 6.12. The number of nitrogens with one attached hydrogen (secondary N) is 1. The second-order valence-electron chi connectivity index (χ2n) is 4.15. The number of carbonyl (C=O) groups is 1. The molecule has 0 aliphatic heterocycles. The SMILES string of the molecule is CC(=O)N(CCNS(=O)(=O)N(C)C)c1cc(C)on1. The fraction of sp³-hybridized carbons (Fsp3) is 0.600. The van der Waals surface area contributed by atoms with E-state index in [2.05, 4.69) is 9.88 Å². The van der Waals surface area contributed by atoms with Gasteiger partial charge in [-0.05, 0) is 6.92 Å². The van der Waals surface area contributed by atoms with Gasteiger partial charge in [0.25, 0.3) is 10.2 Å². The molecular formula is C10H18N4O4S. The molecule has 108 valence electrons. The van der Waals surface area contributed by atoms with Crippen LogP contribution in [0.4, 0.5) is 5.82 Å². The Labute approximate surface area is 112 Å². The van der Waals surface area contributed by atoms with Gasteiger partial charge in [0.1, 0.15) is 5.76 Å². The molecule has 0 atom stereocenters. The molecule has 0 unspecified atom stereocenters. The highest BCUT2D eigenvalue weighted by Crippen LogP contribution is 2.13. The number of aromatic nitrogens is 1. The van der Waals surface area contributed by atoms with Crippen LogP contribution in [0, 0.1) is 6.92 Å². The van der Waals surface area contributed by atoms with Gasteiger partial charge in [-0.15, -0.1) is 0 Å². The van der Waals surface area contributed by atoms with Crippen molar-refractivity contribution in [2.45, 2.75) is 13.8 Å². The number of hydrogen-bond acceptors (Lipinski definition) is 5. The minimum atomic E-state index is -3.50. The first-order chi connectivity index (χ1) is 8.74. The Morgan fingerprint density at radius 3 is 2.53 bits per heavy atom. The molecule has 0 radical (unpaired) electrons. The number of rotatable bonds is 6. The summed E-state index contributed by atoms with van der Waals surface area (Å²) in [6, 6.07) is 1.61. The van der Waals surface area contributed by atoms with Crippen LogP contribution in [0.2, 0.25) is 0 Å². The number of amides is 1. The Morgan fingerprint density at radius 2 is 2.11 bits per heavy atom. The zero-order valence-corrected chi connectivity index (χ0v) is 12.2. The molecule has 1 aromatic heterocycles. The smallest absolute Gasteiger partial charge is 0.278 e. The first-order valence-electron chi connectivity index (χ1n) is 5.62. The lowest BCUT2D eigenvalue weighted by Crippen LogP contribution is -2.41. The highest BCUT2D eigenvalue weighted by atomic mass is 32.2. The van der Waals surface area contributed by atoms with Crippen LogP contribution in [0.1, 0.15) is 12.7 Å². The maximum Gasteiger partial charge on any atom is 0.278 e. The van der Waals surface area contributed by atoms with Gasteiger partial charge in [-0.25, -0.2) is 4.72 Å². The van der Waals surface area contributed by atoms with Crippen molar-refractivity contribution in [2.24, 2.45) is 0 Å². The highest BCUT2D eigenvalue weighted by Gasteiger charge is 2.17. The van der Waals surface area contributed by atoms with Crippen LogP contribution in [-0.2, 0) is 15.0 Å². The first kappa shape index (κ1) is 15.6. The zero-order valence-electron chi connectivity index (χ0n) is 11.4. The summed E-state index contributed by atoms with van der Waals surface area (Å²) in [5, 5.41) is 3.73.